The molecule has 1 fully saturated rings. The number of benzene rings is 2. The van der Waals surface area contributed by atoms with Crippen molar-refractivity contribution in [3.8, 4) is 11.5 Å². The standard InChI is InChI=1S/C25H29FN2O3/c1-17-20(18(2)31-28-17)16-30-23-11-10-19(14-24(23)29-3)15-27-25(12-6-7-13-25)21-8-4-5-9-22(21)26/h4-5,8-11,14,27H,6-7,12-13,15-16H2,1-3H3. The normalized spacial score (nSPS) is 15.2. The second-order valence-corrected chi connectivity index (χ2v) is 8.20. The zero-order valence-electron chi connectivity index (χ0n) is 18.3. The summed E-state index contributed by atoms with van der Waals surface area (Å²) < 4.78 is 31.3. The van der Waals surface area contributed by atoms with Crippen LogP contribution in [0.3, 0.4) is 0 Å². The molecule has 0 aliphatic heterocycles. The first-order chi connectivity index (χ1) is 15.0. The van der Waals surface area contributed by atoms with Crippen molar-refractivity contribution in [1.29, 1.82) is 0 Å². The van der Waals surface area contributed by atoms with Gasteiger partial charge in [0.15, 0.2) is 11.5 Å². The number of aromatic nitrogens is 1. The maximum Gasteiger partial charge on any atom is 0.161 e. The van der Waals surface area contributed by atoms with Crippen LogP contribution in [0.25, 0.3) is 0 Å². The van der Waals surface area contributed by atoms with Crippen LogP contribution in [0.15, 0.2) is 47.0 Å². The Bertz CT molecular complexity index is 1020. The lowest BCUT2D eigenvalue weighted by atomic mass is 9.87. The summed E-state index contributed by atoms with van der Waals surface area (Å²) >= 11 is 0. The van der Waals surface area contributed by atoms with Crippen LogP contribution in [-0.2, 0) is 18.7 Å². The van der Waals surface area contributed by atoms with E-state index in [1.807, 2.05) is 44.2 Å². The highest BCUT2D eigenvalue weighted by Crippen LogP contribution is 2.40. The van der Waals surface area contributed by atoms with Gasteiger partial charge in [-0.05, 0) is 50.5 Å². The average molecular weight is 425 g/mol. The Labute approximate surface area is 182 Å². The second-order valence-electron chi connectivity index (χ2n) is 8.20. The van der Waals surface area contributed by atoms with E-state index in [1.165, 1.54) is 0 Å². The summed E-state index contributed by atoms with van der Waals surface area (Å²) in [5.74, 6) is 1.94. The number of hydrogen-bond acceptors (Lipinski definition) is 5. The molecule has 0 bridgehead atoms. The smallest absolute Gasteiger partial charge is 0.161 e. The largest absolute Gasteiger partial charge is 0.493 e. The van der Waals surface area contributed by atoms with E-state index in [4.69, 9.17) is 14.0 Å². The molecule has 0 atom stereocenters. The molecule has 1 N–H and O–H groups in total. The maximum atomic E-state index is 14.6. The fourth-order valence-corrected chi connectivity index (χ4v) is 4.44. The molecule has 1 saturated carbocycles. The van der Waals surface area contributed by atoms with E-state index in [1.54, 1.807) is 19.2 Å². The summed E-state index contributed by atoms with van der Waals surface area (Å²) in [7, 11) is 1.63. The highest BCUT2D eigenvalue weighted by molar-refractivity contribution is 5.43. The van der Waals surface area contributed by atoms with E-state index in [0.717, 1.165) is 53.8 Å². The molecule has 5 nitrogen and oxygen atoms in total. The monoisotopic (exact) mass is 424 g/mol. The minimum Gasteiger partial charge on any atom is -0.493 e. The summed E-state index contributed by atoms with van der Waals surface area (Å²) in [6.45, 7) is 4.76. The molecule has 1 heterocycles. The number of halogens is 1. The third kappa shape index (κ3) is 4.44. The Kier molecular flexibility index (Phi) is 6.28. The Hall–Kier alpha value is -2.86. The van der Waals surface area contributed by atoms with Gasteiger partial charge in [0.2, 0.25) is 0 Å². The molecule has 1 aromatic heterocycles. The molecule has 3 aromatic rings. The van der Waals surface area contributed by atoms with Crippen molar-refractivity contribution >= 4 is 0 Å². The minimum atomic E-state index is -0.322. The van der Waals surface area contributed by atoms with Crippen molar-refractivity contribution in [2.45, 2.75) is 58.2 Å². The zero-order valence-corrected chi connectivity index (χ0v) is 18.3. The number of nitrogens with zero attached hydrogens (tertiary/aromatic N) is 1. The fourth-order valence-electron chi connectivity index (χ4n) is 4.44. The summed E-state index contributed by atoms with van der Waals surface area (Å²) in [5, 5.41) is 7.62. The van der Waals surface area contributed by atoms with Crippen LogP contribution in [0.1, 0.15) is 53.8 Å². The molecule has 1 aliphatic carbocycles. The quantitative estimate of drug-likeness (QED) is 0.512. The number of hydrogen-bond donors (Lipinski definition) is 1. The van der Waals surface area contributed by atoms with Crippen molar-refractivity contribution in [2.24, 2.45) is 0 Å². The summed E-state index contributed by atoms with van der Waals surface area (Å²) in [6.07, 6.45) is 4.06. The van der Waals surface area contributed by atoms with Gasteiger partial charge in [0, 0.05) is 17.6 Å². The van der Waals surface area contributed by atoms with Gasteiger partial charge in [-0.15, -0.1) is 0 Å². The number of nitrogens with one attached hydrogen (secondary N) is 1. The Balaban J connectivity index is 1.48. The maximum absolute atomic E-state index is 14.6. The van der Waals surface area contributed by atoms with E-state index >= 15 is 0 Å². The van der Waals surface area contributed by atoms with Crippen molar-refractivity contribution in [3.63, 3.8) is 0 Å². The molecule has 0 spiro atoms. The van der Waals surface area contributed by atoms with Crippen LogP contribution in [0.2, 0.25) is 0 Å². The van der Waals surface area contributed by atoms with Gasteiger partial charge in [0.05, 0.1) is 18.4 Å². The third-order valence-electron chi connectivity index (χ3n) is 6.26. The number of methoxy groups -OCH3 is 1. The lowest BCUT2D eigenvalue weighted by Crippen LogP contribution is -2.40. The van der Waals surface area contributed by atoms with Crippen molar-refractivity contribution < 1.29 is 18.4 Å². The first kappa shape index (κ1) is 21.4. The van der Waals surface area contributed by atoms with E-state index in [-0.39, 0.29) is 11.4 Å². The number of ether oxygens (including phenoxy) is 2. The molecular formula is C25H29FN2O3. The molecule has 0 radical (unpaired) electrons. The van der Waals surface area contributed by atoms with E-state index in [9.17, 15) is 4.39 Å². The van der Waals surface area contributed by atoms with Crippen molar-refractivity contribution in [2.75, 3.05) is 7.11 Å². The van der Waals surface area contributed by atoms with Gasteiger partial charge in [-0.25, -0.2) is 4.39 Å². The predicted molar refractivity (Wildman–Crippen MR) is 117 cm³/mol. The summed E-state index contributed by atoms with van der Waals surface area (Å²) in [4.78, 5) is 0. The zero-order chi connectivity index (χ0) is 21.8. The van der Waals surface area contributed by atoms with Crippen LogP contribution < -0.4 is 14.8 Å². The van der Waals surface area contributed by atoms with Crippen LogP contribution in [0, 0.1) is 19.7 Å². The molecule has 0 amide bonds. The van der Waals surface area contributed by atoms with Gasteiger partial charge < -0.3 is 19.3 Å². The van der Waals surface area contributed by atoms with Crippen LogP contribution in [0.5, 0.6) is 11.5 Å². The number of rotatable bonds is 8. The lowest BCUT2D eigenvalue weighted by molar-refractivity contribution is 0.281. The van der Waals surface area contributed by atoms with E-state index in [2.05, 4.69) is 10.5 Å². The predicted octanol–water partition coefficient (Wildman–Crippen LogP) is 5.58. The lowest BCUT2D eigenvalue weighted by Gasteiger charge is -2.32. The summed E-state index contributed by atoms with van der Waals surface area (Å²) in [6, 6.07) is 13.0. The molecule has 164 valence electrons. The molecule has 1 aliphatic rings. The molecule has 0 unspecified atom stereocenters. The van der Waals surface area contributed by atoms with Gasteiger partial charge in [-0.1, -0.05) is 42.3 Å². The highest BCUT2D eigenvalue weighted by Gasteiger charge is 2.37. The van der Waals surface area contributed by atoms with Crippen LogP contribution in [-0.4, -0.2) is 12.3 Å². The summed E-state index contributed by atoms with van der Waals surface area (Å²) in [5.41, 5.74) is 3.27. The van der Waals surface area contributed by atoms with Gasteiger partial charge in [-0.3, -0.25) is 0 Å². The van der Waals surface area contributed by atoms with Gasteiger partial charge in [-0.2, -0.15) is 0 Å². The van der Waals surface area contributed by atoms with E-state index in [0.29, 0.717) is 24.7 Å². The minimum absolute atomic E-state index is 0.141. The molecule has 31 heavy (non-hydrogen) atoms. The Morgan fingerprint density at radius 2 is 1.87 bits per heavy atom. The van der Waals surface area contributed by atoms with Crippen molar-refractivity contribution in [1.82, 2.24) is 10.5 Å². The first-order valence-electron chi connectivity index (χ1n) is 10.7. The second kappa shape index (κ2) is 9.10. The molecule has 6 heteroatoms. The Morgan fingerprint density at radius 1 is 1.10 bits per heavy atom. The average Bonchev–Trinajstić information content (AvgIpc) is 3.39. The van der Waals surface area contributed by atoms with Crippen LogP contribution >= 0.6 is 0 Å². The molecule has 0 saturated heterocycles. The molecular weight excluding hydrogens is 395 g/mol. The van der Waals surface area contributed by atoms with Gasteiger partial charge in [0.25, 0.3) is 0 Å². The van der Waals surface area contributed by atoms with Crippen molar-refractivity contribution in [3.05, 3.63) is 76.4 Å². The number of aryl methyl sites for hydroxylation is 2. The first-order valence-corrected chi connectivity index (χ1v) is 10.7. The van der Waals surface area contributed by atoms with E-state index < -0.39 is 0 Å². The van der Waals surface area contributed by atoms with Gasteiger partial charge >= 0.3 is 0 Å². The van der Waals surface area contributed by atoms with Crippen LogP contribution in [0.4, 0.5) is 4.39 Å². The topological polar surface area (TPSA) is 56.5 Å². The fraction of sp³-hybridized carbons (Fsp3) is 0.400. The highest BCUT2D eigenvalue weighted by atomic mass is 19.1. The Morgan fingerprint density at radius 3 is 2.55 bits per heavy atom. The van der Waals surface area contributed by atoms with Gasteiger partial charge in [0.1, 0.15) is 18.2 Å². The SMILES string of the molecule is COc1cc(CNC2(c3ccccc3F)CCCC2)ccc1OCc1c(C)noc1C. The molecule has 2 aromatic carbocycles. The molecule has 4 rings (SSSR count). The third-order valence-corrected chi connectivity index (χ3v) is 6.26.